The molecule has 20 heavy (non-hydrogen) atoms. The highest BCUT2D eigenvalue weighted by molar-refractivity contribution is 5.91. The summed E-state index contributed by atoms with van der Waals surface area (Å²) in [6.45, 7) is 6.50. The van der Waals surface area contributed by atoms with E-state index in [1.807, 2.05) is 20.8 Å². The molecule has 1 saturated heterocycles. The summed E-state index contributed by atoms with van der Waals surface area (Å²) in [5.41, 5.74) is -0.211. The number of aliphatic carboxylic acids is 1. The Morgan fingerprint density at radius 1 is 1.45 bits per heavy atom. The number of carboxylic acids is 1. The summed E-state index contributed by atoms with van der Waals surface area (Å²) in [5.74, 6) is -0.414. The van der Waals surface area contributed by atoms with Crippen LogP contribution in [0.4, 0.5) is 0 Å². The van der Waals surface area contributed by atoms with Gasteiger partial charge >= 0.3 is 5.97 Å². The molecule has 7 nitrogen and oxygen atoms in total. The third kappa shape index (κ3) is 2.97. The molecule has 1 unspecified atom stereocenters. The van der Waals surface area contributed by atoms with Crippen molar-refractivity contribution in [2.75, 3.05) is 6.54 Å². The van der Waals surface area contributed by atoms with E-state index in [2.05, 4.69) is 15.2 Å². The Balaban J connectivity index is 2.14. The number of carbonyl (C=O) groups is 2. The minimum absolute atomic E-state index is 0.0255. The smallest absolute Gasteiger partial charge is 0.305 e. The van der Waals surface area contributed by atoms with Crippen molar-refractivity contribution >= 4 is 11.9 Å². The minimum Gasteiger partial charge on any atom is -0.481 e. The summed E-state index contributed by atoms with van der Waals surface area (Å²) < 4.78 is 0. The highest BCUT2D eigenvalue weighted by atomic mass is 16.4. The van der Waals surface area contributed by atoms with Gasteiger partial charge < -0.3 is 10.0 Å². The van der Waals surface area contributed by atoms with Gasteiger partial charge in [-0.1, -0.05) is 20.8 Å². The largest absolute Gasteiger partial charge is 0.481 e. The summed E-state index contributed by atoms with van der Waals surface area (Å²) in [4.78, 5) is 29.0. The van der Waals surface area contributed by atoms with Crippen LogP contribution in [0.2, 0.25) is 0 Å². The number of nitrogens with one attached hydrogen (secondary N) is 1. The standard InChI is InChI=1S/C13H20N4O3/c1-13(2,3)12-14-10(15-16-12)11(20)17-6-4-5-8(17)7-9(18)19/h8H,4-7H2,1-3H3,(H,18,19)(H,14,15,16). The Bertz CT molecular complexity index is 518. The van der Waals surface area contributed by atoms with Gasteiger partial charge in [0.2, 0.25) is 5.82 Å². The van der Waals surface area contributed by atoms with E-state index in [9.17, 15) is 9.59 Å². The molecule has 0 aromatic carbocycles. The lowest BCUT2D eigenvalue weighted by atomic mass is 9.96. The molecule has 0 aliphatic carbocycles. The number of rotatable bonds is 3. The summed E-state index contributed by atoms with van der Waals surface area (Å²) in [5, 5.41) is 15.6. The lowest BCUT2D eigenvalue weighted by Gasteiger charge is -2.21. The topological polar surface area (TPSA) is 99.2 Å². The van der Waals surface area contributed by atoms with Gasteiger partial charge in [0.1, 0.15) is 5.82 Å². The fourth-order valence-corrected chi connectivity index (χ4v) is 2.34. The van der Waals surface area contributed by atoms with E-state index < -0.39 is 5.97 Å². The Morgan fingerprint density at radius 3 is 2.70 bits per heavy atom. The third-order valence-electron chi connectivity index (χ3n) is 3.44. The number of H-pyrrole nitrogens is 1. The Morgan fingerprint density at radius 2 is 2.15 bits per heavy atom. The zero-order valence-corrected chi connectivity index (χ0v) is 12.0. The molecule has 1 aliphatic heterocycles. The summed E-state index contributed by atoms with van der Waals surface area (Å²) in [7, 11) is 0. The van der Waals surface area contributed by atoms with Crippen molar-refractivity contribution in [2.45, 2.75) is 51.5 Å². The number of carboxylic acid groups (broad SMARTS) is 1. The van der Waals surface area contributed by atoms with Crippen LogP contribution in [0, 0.1) is 0 Å². The van der Waals surface area contributed by atoms with Crippen molar-refractivity contribution < 1.29 is 14.7 Å². The van der Waals surface area contributed by atoms with Gasteiger partial charge in [0.05, 0.1) is 6.42 Å². The monoisotopic (exact) mass is 280 g/mol. The van der Waals surface area contributed by atoms with E-state index in [-0.39, 0.29) is 29.6 Å². The van der Waals surface area contributed by atoms with Crippen LogP contribution in [0.1, 0.15) is 56.5 Å². The fourth-order valence-electron chi connectivity index (χ4n) is 2.34. The maximum absolute atomic E-state index is 12.4. The molecule has 110 valence electrons. The molecule has 0 bridgehead atoms. The number of likely N-dealkylation sites (tertiary alicyclic amines) is 1. The van der Waals surface area contributed by atoms with Crippen molar-refractivity contribution in [2.24, 2.45) is 0 Å². The van der Waals surface area contributed by atoms with E-state index in [0.717, 1.165) is 6.42 Å². The van der Waals surface area contributed by atoms with Crippen molar-refractivity contribution in [3.05, 3.63) is 11.6 Å². The van der Waals surface area contributed by atoms with Crippen LogP contribution in [0.25, 0.3) is 0 Å². The molecule has 0 saturated carbocycles. The molecular formula is C13H20N4O3. The molecule has 2 heterocycles. The normalized spacial score (nSPS) is 19.4. The molecule has 1 atom stereocenters. The summed E-state index contributed by atoms with van der Waals surface area (Å²) >= 11 is 0. The van der Waals surface area contributed by atoms with Gasteiger partial charge in [-0.15, -0.1) is 5.10 Å². The number of carbonyl (C=O) groups excluding carboxylic acids is 1. The van der Waals surface area contributed by atoms with Crippen molar-refractivity contribution in [1.82, 2.24) is 20.1 Å². The molecule has 0 spiro atoms. The molecule has 1 aliphatic rings. The first-order valence-electron chi connectivity index (χ1n) is 6.74. The molecule has 1 aromatic heterocycles. The van der Waals surface area contributed by atoms with Crippen LogP contribution in [-0.2, 0) is 10.2 Å². The van der Waals surface area contributed by atoms with Crippen LogP contribution in [0.3, 0.4) is 0 Å². The summed E-state index contributed by atoms with van der Waals surface area (Å²) in [6.07, 6.45) is 1.51. The molecule has 0 radical (unpaired) electrons. The second kappa shape index (κ2) is 5.22. The molecule has 1 fully saturated rings. The highest BCUT2D eigenvalue weighted by Crippen LogP contribution is 2.23. The Labute approximate surface area is 117 Å². The van der Waals surface area contributed by atoms with Gasteiger partial charge in [-0.3, -0.25) is 14.7 Å². The fraction of sp³-hybridized carbons (Fsp3) is 0.692. The molecule has 1 aromatic rings. The van der Waals surface area contributed by atoms with E-state index in [1.165, 1.54) is 0 Å². The number of hydrogen-bond donors (Lipinski definition) is 2. The number of aromatic nitrogens is 3. The maximum Gasteiger partial charge on any atom is 0.305 e. The average molecular weight is 280 g/mol. The SMILES string of the molecule is CC(C)(C)c1nc(C(=O)N2CCCC2CC(=O)O)n[nH]1. The van der Waals surface area contributed by atoms with Gasteiger partial charge in [-0.25, -0.2) is 4.98 Å². The third-order valence-corrected chi connectivity index (χ3v) is 3.44. The predicted molar refractivity (Wildman–Crippen MR) is 71.4 cm³/mol. The van der Waals surface area contributed by atoms with Crippen LogP contribution in [-0.4, -0.2) is 49.7 Å². The van der Waals surface area contributed by atoms with Gasteiger partial charge in [-0.2, -0.15) is 0 Å². The lowest BCUT2D eigenvalue weighted by molar-refractivity contribution is -0.137. The van der Waals surface area contributed by atoms with E-state index in [1.54, 1.807) is 4.90 Å². The van der Waals surface area contributed by atoms with Gasteiger partial charge in [-0.05, 0) is 12.8 Å². The van der Waals surface area contributed by atoms with E-state index in [0.29, 0.717) is 18.8 Å². The molecule has 2 N–H and O–H groups in total. The highest BCUT2D eigenvalue weighted by Gasteiger charge is 2.33. The number of aromatic amines is 1. The zero-order chi connectivity index (χ0) is 14.9. The quantitative estimate of drug-likeness (QED) is 0.866. The van der Waals surface area contributed by atoms with E-state index >= 15 is 0 Å². The number of amides is 1. The Kier molecular flexibility index (Phi) is 3.78. The second-order valence-corrected chi connectivity index (χ2v) is 6.15. The molecule has 2 rings (SSSR count). The molecule has 1 amide bonds. The predicted octanol–water partition coefficient (Wildman–Crippen LogP) is 1.18. The van der Waals surface area contributed by atoms with Crippen molar-refractivity contribution in [1.29, 1.82) is 0 Å². The van der Waals surface area contributed by atoms with Crippen LogP contribution in [0.5, 0.6) is 0 Å². The Hall–Kier alpha value is -1.92. The van der Waals surface area contributed by atoms with Gasteiger partial charge in [0, 0.05) is 18.0 Å². The first kappa shape index (κ1) is 14.5. The number of nitrogens with zero attached hydrogens (tertiary/aromatic N) is 3. The lowest BCUT2D eigenvalue weighted by Crippen LogP contribution is -2.37. The average Bonchev–Trinajstić information content (AvgIpc) is 2.94. The first-order chi connectivity index (χ1) is 9.29. The molecular weight excluding hydrogens is 260 g/mol. The van der Waals surface area contributed by atoms with Crippen molar-refractivity contribution in [3.8, 4) is 0 Å². The maximum atomic E-state index is 12.4. The van der Waals surface area contributed by atoms with E-state index in [4.69, 9.17) is 5.11 Å². The second-order valence-electron chi connectivity index (χ2n) is 6.15. The van der Waals surface area contributed by atoms with Crippen molar-refractivity contribution in [3.63, 3.8) is 0 Å². The molecule has 7 heteroatoms. The summed E-state index contributed by atoms with van der Waals surface area (Å²) in [6, 6.07) is -0.253. The zero-order valence-electron chi connectivity index (χ0n) is 12.0. The van der Waals surface area contributed by atoms with Crippen LogP contribution < -0.4 is 0 Å². The minimum atomic E-state index is -0.889. The van der Waals surface area contributed by atoms with Gasteiger partial charge in [0.15, 0.2) is 0 Å². The number of hydrogen-bond acceptors (Lipinski definition) is 4. The van der Waals surface area contributed by atoms with Gasteiger partial charge in [0.25, 0.3) is 5.91 Å². The van der Waals surface area contributed by atoms with Crippen LogP contribution >= 0.6 is 0 Å². The van der Waals surface area contributed by atoms with Crippen LogP contribution in [0.15, 0.2) is 0 Å². The first-order valence-corrected chi connectivity index (χ1v) is 6.74.